The van der Waals surface area contributed by atoms with Crippen LogP contribution >= 0.6 is 15.9 Å². The molecule has 2 amide bonds. The minimum absolute atomic E-state index is 0.0746. The van der Waals surface area contributed by atoms with Crippen molar-refractivity contribution in [3.05, 3.63) is 130 Å². The molecule has 0 aliphatic heterocycles. The minimum atomic E-state index is -4.14. The first-order valence-corrected chi connectivity index (χ1v) is 16.8. The Morgan fingerprint density at radius 3 is 2.11 bits per heavy atom. The first kappa shape index (κ1) is 33.0. The van der Waals surface area contributed by atoms with Crippen molar-refractivity contribution in [2.75, 3.05) is 17.4 Å². The molecule has 0 saturated heterocycles. The predicted molar refractivity (Wildman–Crippen MR) is 179 cm³/mol. The first-order valence-electron chi connectivity index (χ1n) is 14.6. The molecule has 230 valence electrons. The lowest BCUT2D eigenvalue weighted by atomic mass is 10.0. The molecule has 0 saturated carbocycles. The molecule has 7 nitrogen and oxygen atoms in total. The summed E-state index contributed by atoms with van der Waals surface area (Å²) in [6, 6.07) is 29.7. The molecule has 0 aromatic heterocycles. The highest BCUT2D eigenvalue weighted by molar-refractivity contribution is 9.10. The van der Waals surface area contributed by atoms with Crippen molar-refractivity contribution in [3.8, 4) is 0 Å². The Morgan fingerprint density at radius 1 is 0.818 bits per heavy atom. The third-order valence-corrected chi connectivity index (χ3v) is 9.57. The fourth-order valence-corrected chi connectivity index (χ4v) is 6.58. The maximum atomic E-state index is 14.5. The highest BCUT2D eigenvalue weighted by atomic mass is 79.9. The van der Waals surface area contributed by atoms with E-state index < -0.39 is 28.5 Å². The molecule has 4 aromatic carbocycles. The molecule has 4 rings (SSSR count). The largest absolute Gasteiger partial charge is 0.354 e. The van der Waals surface area contributed by atoms with Crippen LogP contribution in [0.3, 0.4) is 0 Å². The first-order chi connectivity index (χ1) is 21.1. The van der Waals surface area contributed by atoms with E-state index in [1.54, 1.807) is 48.5 Å². The summed E-state index contributed by atoms with van der Waals surface area (Å²) in [5.74, 6) is -0.772. The van der Waals surface area contributed by atoms with Crippen LogP contribution in [-0.2, 0) is 32.6 Å². The van der Waals surface area contributed by atoms with Gasteiger partial charge < -0.3 is 10.2 Å². The summed E-state index contributed by atoms with van der Waals surface area (Å²) < 4.78 is 30.1. The van der Waals surface area contributed by atoms with Crippen LogP contribution in [0.2, 0.25) is 0 Å². The molecule has 0 aliphatic carbocycles. The Hall–Kier alpha value is -3.95. The smallest absolute Gasteiger partial charge is 0.264 e. The molecular formula is C35H38BrN3O4S. The topological polar surface area (TPSA) is 86.8 Å². The molecule has 4 aromatic rings. The number of amides is 2. The zero-order chi connectivity index (χ0) is 31.7. The fraction of sp³-hybridized carbons (Fsp3) is 0.257. The van der Waals surface area contributed by atoms with E-state index in [1.807, 2.05) is 75.4 Å². The molecule has 1 N–H and O–H groups in total. The second kappa shape index (κ2) is 15.2. The highest BCUT2D eigenvalue weighted by Crippen LogP contribution is 2.27. The van der Waals surface area contributed by atoms with Gasteiger partial charge in [0.1, 0.15) is 12.6 Å². The predicted octanol–water partition coefficient (Wildman–Crippen LogP) is 6.43. The van der Waals surface area contributed by atoms with Gasteiger partial charge in [-0.05, 0) is 67.8 Å². The number of rotatable bonds is 13. The number of benzene rings is 4. The molecule has 0 aliphatic rings. The highest BCUT2D eigenvalue weighted by Gasteiger charge is 2.34. The number of sulfonamides is 1. The van der Waals surface area contributed by atoms with Crippen LogP contribution in [0.1, 0.15) is 35.6 Å². The Kier molecular flexibility index (Phi) is 11.4. The van der Waals surface area contributed by atoms with E-state index in [4.69, 9.17) is 0 Å². The number of hydrogen-bond donors (Lipinski definition) is 1. The maximum absolute atomic E-state index is 14.5. The molecule has 0 fully saturated rings. The van der Waals surface area contributed by atoms with Gasteiger partial charge in [-0.15, -0.1) is 0 Å². The van der Waals surface area contributed by atoms with Crippen molar-refractivity contribution in [2.45, 2.75) is 51.1 Å². The molecule has 44 heavy (non-hydrogen) atoms. The Bertz CT molecular complexity index is 1660. The van der Waals surface area contributed by atoms with Crippen molar-refractivity contribution < 1.29 is 18.0 Å². The second-order valence-electron chi connectivity index (χ2n) is 10.8. The normalized spacial score (nSPS) is 11.9. The van der Waals surface area contributed by atoms with E-state index in [0.29, 0.717) is 12.2 Å². The molecular weight excluding hydrogens is 638 g/mol. The van der Waals surface area contributed by atoms with Crippen LogP contribution in [-0.4, -0.2) is 44.3 Å². The third-order valence-electron chi connectivity index (χ3n) is 7.26. The van der Waals surface area contributed by atoms with Crippen LogP contribution in [0.5, 0.6) is 0 Å². The summed E-state index contributed by atoms with van der Waals surface area (Å²) in [5, 5.41) is 2.97. The average molecular weight is 677 g/mol. The van der Waals surface area contributed by atoms with E-state index in [1.165, 1.54) is 4.90 Å². The average Bonchev–Trinajstić information content (AvgIpc) is 3.01. The number of carbonyl (C=O) groups excluding carboxylic acids is 2. The van der Waals surface area contributed by atoms with Gasteiger partial charge in [-0.2, -0.15) is 0 Å². The molecule has 0 bridgehead atoms. The zero-order valence-corrected chi connectivity index (χ0v) is 27.6. The Balaban J connectivity index is 1.79. The van der Waals surface area contributed by atoms with Gasteiger partial charge in [0.15, 0.2) is 0 Å². The lowest BCUT2D eigenvalue weighted by Gasteiger charge is -2.34. The number of carbonyl (C=O) groups is 2. The summed E-state index contributed by atoms with van der Waals surface area (Å²) >= 11 is 3.41. The molecule has 9 heteroatoms. The molecule has 0 heterocycles. The summed E-state index contributed by atoms with van der Waals surface area (Å²) in [7, 11) is -4.14. The lowest BCUT2D eigenvalue weighted by Crippen LogP contribution is -2.53. The van der Waals surface area contributed by atoms with Crippen LogP contribution in [0.25, 0.3) is 0 Å². The van der Waals surface area contributed by atoms with E-state index in [9.17, 15) is 18.0 Å². The van der Waals surface area contributed by atoms with Crippen LogP contribution in [0.4, 0.5) is 5.69 Å². The number of halogens is 1. The van der Waals surface area contributed by atoms with Gasteiger partial charge in [-0.1, -0.05) is 101 Å². The minimum Gasteiger partial charge on any atom is -0.354 e. The SMILES string of the molecule is CCCNC(=O)[C@H](Cc1ccccc1)N(Cc1cccc(C)c1)C(=O)CN(c1ccc(Br)cc1)S(=O)(=O)c1ccc(C)cc1. The summed E-state index contributed by atoms with van der Waals surface area (Å²) in [6.07, 6.45) is 1.01. The van der Waals surface area contributed by atoms with E-state index in [2.05, 4.69) is 21.2 Å². The van der Waals surface area contributed by atoms with E-state index in [0.717, 1.165) is 37.5 Å². The van der Waals surface area contributed by atoms with Crippen molar-refractivity contribution in [2.24, 2.45) is 0 Å². The van der Waals surface area contributed by atoms with Gasteiger partial charge in [0.05, 0.1) is 10.6 Å². The van der Waals surface area contributed by atoms with E-state index >= 15 is 0 Å². The number of nitrogens with one attached hydrogen (secondary N) is 1. The quantitative estimate of drug-likeness (QED) is 0.177. The van der Waals surface area contributed by atoms with Crippen molar-refractivity contribution in [1.82, 2.24) is 10.2 Å². The standard InChI is InChI=1S/C35H38BrN3O4S/c1-4-21-37-35(41)33(23-28-10-6-5-7-11-28)38(24-29-12-8-9-27(3)22-29)34(40)25-39(31-17-15-30(36)16-18-31)44(42,43)32-19-13-26(2)14-20-32/h5-20,22,33H,4,21,23-25H2,1-3H3,(H,37,41)/t33-/m0/s1. The molecule has 0 unspecified atom stereocenters. The monoisotopic (exact) mass is 675 g/mol. The number of nitrogens with zero attached hydrogens (tertiary/aromatic N) is 2. The van der Waals surface area contributed by atoms with Gasteiger partial charge in [0.25, 0.3) is 10.0 Å². The van der Waals surface area contributed by atoms with Gasteiger partial charge in [-0.3, -0.25) is 13.9 Å². The van der Waals surface area contributed by atoms with E-state index in [-0.39, 0.29) is 23.8 Å². The maximum Gasteiger partial charge on any atom is 0.264 e. The zero-order valence-electron chi connectivity index (χ0n) is 25.2. The van der Waals surface area contributed by atoms with Crippen LogP contribution in [0.15, 0.2) is 112 Å². The van der Waals surface area contributed by atoms with Crippen molar-refractivity contribution >= 4 is 43.5 Å². The molecule has 0 radical (unpaired) electrons. The third kappa shape index (κ3) is 8.57. The lowest BCUT2D eigenvalue weighted by molar-refractivity contribution is -0.140. The second-order valence-corrected chi connectivity index (χ2v) is 13.6. The number of aryl methyl sites for hydroxylation is 2. The Labute approximate surface area is 269 Å². The van der Waals surface area contributed by atoms with Gasteiger partial charge in [0.2, 0.25) is 11.8 Å². The fourth-order valence-electron chi connectivity index (χ4n) is 4.90. The summed E-state index contributed by atoms with van der Waals surface area (Å²) in [4.78, 5) is 29.8. The summed E-state index contributed by atoms with van der Waals surface area (Å²) in [5.41, 5.74) is 4.01. The van der Waals surface area contributed by atoms with Crippen molar-refractivity contribution in [3.63, 3.8) is 0 Å². The van der Waals surface area contributed by atoms with Crippen LogP contribution in [0, 0.1) is 13.8 Å². The van der Waals surface area contributed by atoms with Crippen LogP contribution < -0.4 is 9.62 Å². The van der Waals surface area contributed by atoms with Crippen molar-refractivity contribution in [1.29, 1.82) is 0 Å². The molecule has 0 spiro atoms. The van der Waals surface area contributed by atoms with Gasteiger partial charge in [0, 0.05) is 24.0 Å². The van der Waals surface area contributed by atoms with Gasteiger partial charge in [-0.25, -0.2) is 8.42 Å². The molecule has 1 atom stereocenters. The van der Waals surface area contributed by atoms with Gasteiger partial charge >= 0.3 is 0 Å². The number of hydrogen-bond acceptors (Lipinski definition) is 4. The summed E-state index contributed by atoms with van der Waals surface area (Å²) in [6.45, 7) is 5.92. The number of anilines is 1. The Morgan fingerprint density at radius 2 is 1.48 bits per heavy atom.